The number of morpholine rings is 1. The van der Waals surface area contributed by atoms with Crippen molar-refractivity contribution in [2.75, 3.05) is 63.9 Å². The average Bonchev–Trinajstić information content (AvgIpc) is 2.69. The molecule has 0 amide bonds. The van der Waals surface area contributed by atoms with Gasteiger partial charge in [-0.1, -0.05) is 23.2 Å². The van der Waals surface area contributed by atoms with E-state index in [0.29, 0.717) is 37.9 Å². The van der Waals surface area contributed by atoms with Gasteiger partial charge in [-0.15, -0.1) is 0 Å². The second kappa shape index (κ2) is 8.86. The first kappa shape index (κ1) is 19.9. The molecule has 1 aromatic rings. The molecule has 0 unspecified atom stereocenters. The lowest BCUT2D eigenvalue weighted by Crippen LogP contribution is -2.47. The zero-order valence-corrected chi connectivity index (χ0v) is 16.7. The maximum atomic E-state index is 12.6. The Hall–Kier alpha value is -0.900. The largest absolute Gasteiger partial charge is 0.379 e. The SMILES string of the molecule is O=S(=O)(c1ccc(N2CCN(CC(Cl)=CCl)CC2)nc1)N1CCOCC1. The predicted molar refractivity (Wildman–Crippen MR) is 102 cm³/mol. The molecule has 0 atom stereocenters. The van der Waals surface area contributed by atoms with Gasteiger partial charge in [-0.25, -0.2) is 13.4 Å². The van der Waals surface area contributed by atoms with Crippen LogP contribution in [0.4, 0.5) is 5.82 Å². The van der Waals surface area contributed by atoms with Crippen LogP contribution in [0.5, 0.6) is 0 Å². The minimum Gasteiger partial charge on any atom is -0.379 e. The summed E-state index contributed by atoms with van der Waals surface area (Å²) in [7, 11) is -3.50. The summed E-state index contributed by atoms with van der Waals surface area (Å²) in [6.45, 7) is 5.55. The molecule has 2 aliphatic rings. The van der Waals surface area contributed by atoms with Gasteiger partial charge in [-0.3, -0.25) is 4.90 Å². The van der Waals surface area contributed by atoms with E-state index >= 15 is 0 Å². The highest BCUT2D eigenvalue weighted by atomic mass is 35.5. The van der Waals surface area contributed by atoms with E-state index in [1.165, 1.54) is 16.0 Å². The van der Waals surface area contributed by atoms with Crippen LogP contribution in [0.3, 0.4) is 0 Å². The fourth-order valence-electron chi connectivity index (χ4n) is 3.03. The Morgan fingerprint density at radius 1 is 1.15 bits per heavy atom. The van der Waals surface area contributed by atoms with Crippen LogP contribution < -0.4 is 4.90 Å². The van der Waals surface area contributed by atoms with Crippen molar-refractivity contribution in [1.82, 2.24) is 14.2 Å². The Kier molecular flexibility index (Phi) is 6.76. The number of piperazine rings is 1. The number of hydrogen-bond donors (Lipinski definition) is 0. The molecule has 2 aliphatic heterocycles. The van der Waals surface area contributed by atoms with E-state index < -0.39 is 10.0 Å². The Labute approximate surface area is 164 Å². The Morgan fingerprint density at radius 2 is 1.85 bits per heavy atom. The third-order valence-electron chi connectivity index (χ3n) is 4.52. The Bertz CT molecular complexity index is 728. The van der Waals surface area contributed by atoms with Gasteiger partial charge in [0.15, 0.2) is 0 Å². The minimum absolute atomic E-state index is 0.223. The zero-order chi connectivity index (χ0) is 18.6. The third-order valence-corrected chi connectivity index (χ3v) is 7.00. The molecule has 0 bridgehead atoms. The van der Waals surface area contributed by atoms with Crippen molar-refractivity contribution >= 4 is 39.0 Å². The van der Waals surface area contributed by atoms with Crippen LogP contribution in [0, 0.1) is 0 Å². The molecule has 0 saturated carbocycles. The maximum Gasteiger partial charge on any atom is 0.244 e. The van der Waals surface area contributed by atoms with Gasteiger partial charge in [0, 0.05) is 62.6 Å². The normalized spacial score (nSPS) is 21.2. The summed E-state index contributed by atoms with van der Waals surface area (Å²) in [5, 5.41) is 0.621. The number of anilines is 1. The number of sulfonamides is 1. The monoisotopic (exact) mass is 420 g/mol. The zero-order valence-electron chi connectivity index (χ0n) is 14.4. The number of pyridine rings is 1. The molecule has 0 aromatic carbocycles. The summed E-state index contributed by atoms with van der Waals surface area (Å²) in [5.74, 6) is 0.782. The van der Waals surface area contributed by atoms with Crippen molar-refractivity contribution in [2.45, 2.75) is 4.90 Å². The van der Waals surface area contributed by atoms with Gasteiger partial charge < -0.3 is 9.64 Å². The van der Waals surface area contributed by atoms with Gasteiger partial charge in [-0.2, -0.15) is 4.31 Å². The summed E-state index contributed by atoms with van der Waals surface area (Å²) in [6.07, 6.45) is 1.44. The molecule has 1 aromatic heterocycles. The van der Waals surface area contributed by atoms with Crippen LogP contribution in [0.25, 0.3) is 0 Å². The van der Waals surface area contributed by atoms with Crippen molar-refractivity contribution in [3.8, 4) is 0 Å². The van der Waals surface area contributed by atoms with Gasteiger partial charge in [0.05, 0.1) is 13.2 Å². The molecule has 0 aliphatic carbocycles. The van der Waals surface area contributed by atoms with E-state index in [9.17, 15) is 8.42 Å². The lowest BCUT2D eigenvalue weighted by Gasteiger charge is -2.35. The van der Waals surface area contributed by atoms with Crippen molar-refractivity contribution in [3.05, 3.63) is 28.9 Å². The first-order valence-electron chi connectivity index (χ1n) is 8.47. The fraction of sp³-hybridized carbons (Fsp3) is 0.562. The molecule has 0 spiro atoms. The summed E-state index contributed by atoms with van der Waals surface area (Å²) >= 11 is 11.6. The molecule has 2 saturated heterocycles. The standard InChI is InChI=1S/C16H22Cl2N4O3S/c17-11-14(18)13-20-3-5-21(6-4-20)16-2-1-15(12-19-16)26(23,24)22-7-9-25-10-8-22/h1-2,11-12H,3-10,13H2. The summed E-state index contributed by atoms with van der Waals surface area (Å²) in [6, 6.07) is 3.40. The van der Waals surface area contributed by atoms with Crippen LogP contribution in [0.2, 0.25) is 0 Å². The Morgan fingerprint density at radius 3 is 2.42 bits per heavy atom. The van der Waals surface area contributed by atoms with Gasteiger partial charge in [0.2, 0.25) is 10.0 Å². The smallest absolute Gasteiger partial charge is 0.244 e. The van der Waals surface area contributed by atoms with E-state index in [0.717, 1.165) is 32.0 Å². The summed E-state index contributed by atoms with van der Waals surface area (Å²) < 4.78 is 31.9. The highest BCUT2D eigenvalue weighted by Crippen LogP contribution is 2.20. The van der Waals surface area contributed by atoms with Crippen LogP contribution in [-0.2, 0) is 14.8 Å². The number of ether oxygens (including phenoxy) is 1. The molecule has 7 nitrogen and oxygen atoms in total. The highest BCUT2D eigenvalue weighted by molar-refractivity contribution is 7.89. The molecule has 2 fully saturated rings. The number of hydrogen-bond acceptors (Lipinski definition) is 6. The second-order valence-corrected chi connectivity index (χ2v) is 8.83. The second-order valence-electron chi connectivity index (χ2n) is 6.19. The number of rotatable bonds is 5. The summed E-state index contributed by atoms with van der Waals surface area (Å²) in [5.41, 5.74) is 1.39. The van der Waals surface area contributed by atoms with Gasteiger partial charge in [-0.05, 0) is 12.1 Å². The minimum atomic E-state index is -3.50. The van der Waals surface area contributed by atoms with Crippen LogP contribution in [0.15, 0.2) is 33.8 Å². The number of halogens is 2. The molecule has 144 valence electrons. The van der Waals surface area contributed by atoms with E-state index in [2.05, 4.69) is 14.8 Å². The quantitative estimate of drug-likeness (QED) is 0.719. The number of aromatic nitrogens is 1. The van der Waals surface area contributed by atoms with Gasteiger partial charge in [0.1, 0.15) is 10.7 Å². The van der Waals surface area contributed by atoms with Crippen LogP contribution in [0.1, 0.15) is 0 Å². The van der Waals surface area contributed by atoms with Crippen molar-refractivity contribution < 1.29 is 13.2 Å². The van der Waals surface area contributed by atoms with Crippen LogP contribution in [-0.4, -0.2) is 81.6 Å². The van der Waals surface area contributed by atoms with Crippen molar-refractivity contribution in [2.24, 2.45) is 0 Å². The van der Waals surface area contributed by atoms with E-state index in [1.807, 2.05) is 0 Å². The topological polar surface area (TPSA) is 66.0 Å². The molecular weight excluding hydrogens is 399 g/mol. The first-order valence-corrected chi connectivity index (χ1v) is 10.7. The van der Waals surface area contributed by atoms with Gasteiger partial charge >= 0.3 is 0 Å². The lowest BCUT2D eigenvalue weighted by molar-refractivity contribution is 0.0730. The van der Waals surface area contributed by atoms with Gasteiger partial charge in [0.25, 0.3) is 0 Å². The van der Waals surface area contributed by atoms with Crippen molar-refractivity contribution in [3.63, 3.8) is 0 Å². The fourth-order valence-corrected chi connectivity index (χ4v) is 4.62. The highest BCUT2D eigenvalue weighted by Gasteiger charge is 2.27. The molecule has 0 radical (unpaired) electrons. The lowest BCUT2D eigenvalue weighted by atomic mass is 10.3. The third kappa shape index (κ3) is 4.68. The molecule has 10 heteroatoms. The van der Waals surface area contributed by atoms with Crippen LogP contribution >= 0.6 is 23.2 Å². The number of nitrogens with zero attached hydrogens (tertiary/aromatic N) is 4. The molecule has 3 heterocycles. The first-order chi connectivity index (χ1) is 12.5. The summed E-state index contributed by atoms with van der Waals surface area (Å²) in [4.78, 5) is 8.96. The van der Waals surface area contributed by atoms with E-state index in [1.54, 1.807) is 12.1 Å². The molecule has 0 N–H and O–H groups in total. The predicted octanol–water partition coefficient (Wildman–Crippen LogP) is 1.54. The van der Waals surface area contributed by atoms with E-state index in [4.69, 9.17) is 27.9 Å². The molecular formula is C16H22Cl2N4O3S. The Balaban J connectivity index is 1.61. The van der Waals surface area contributed by atoms with Crippen molar-refractivity contribution in [1.29, 1.82) is 0 Å². The maximum absolute atomic E-state index is 12.6. The van der Waals surface area contributed by atoms with E-state index in [-0.39, 0.29) is 4.90 Å². The molecule has 26 heavy (non-hydrogen) atoms. The molecule has 3 rings (SSSR count). The average molecular weight is 421 g/mol.